The van der Waals surface area contributed by atoms with Crippen molar-refractivity contribution in [1.29, 1.82) is 0 Å². The van der Waals surface area contributed by atoms with Crippen molar-refractivity contribution in [3.05, 3.63) is 75.3 Å². The van der Waals surface area contributed by atoms with Crippen LogP contribution in [0.4, 0.5) is 0 Å². The number of hydrogen-bond acceptors (Lipinski definition) is 6. The Morgan fingerprint density at radius 3 is 2.64 bits per heavy atom. The molecule has 164 valence electrons. The molecule has 1 aliphatic rings. The van der Waals surface area contributed by atoms with Crippen molar-refractivity contribution in [2.45, 2.75) is 6.42 Å². The van der Waals surface area contributed by atoms with E-state index in [-0.39, 0.29) is 5.56 Å². The molecule has 0 aliphatic carbocycles. The number of fused-ring (bicyclic) bond motifs is 4. The Balaban J connectivity index is 1.47. The van der Waals surface area contributed by atoms with Gasteiger partial charge in [0.25, 0.3) is 11.3 Å². The summed E-state index contributed by atoms with van der Waals surface area (Å²) in [5, 5.41) is 5.79. The summed E-state index contributed by atoms with van der Waals surface area (Å²) in [6.45, 7) is 1.21. The van der Waals surface area contributed by atoms with E-state index in [9.17, 15) is 4.79 Å². The predicted molar refractivity (Wildman–Crippen MR) is 125 cm³/mol. The van der Waals surface area contributed by atoms with E-state index in [2.05, 4.69) is 15.1 Å². The second-order valence-electron chi connectivity index (χ2n) is 7.51. The quantitative estimate of drug-likeness (QED) is 0.368. The number of rotatable bonds is 2. The third-order valence-corrected chi connectivity index (χ3v) is 6.16. The van der Waals surface area contributed by atoms with Crippen LogP contribution in [0.2, 0.25) is 10.0 Å². The Morgan fingerprint density at radius 1 is 0.939 bits per heavy atom. The summed E-state index contributed by atoms with van der Waals surface area (Å²) >= 11 is 12.1. The number of halogens is 2. The lowest BCUT2D eigenvalue weighted by Crippen LogP contribution is -2.18. The summed E-state index contributed by atoms with van der Waals surface area (Å²) in [5.74, 6) is 2.22. The van der Waals surface area contributed by atoms with Crippen LogP contribution in [0.5, 0.6) is 11.5 Å². The molecule has 0 saturated heterocycles. The second kappa shape index (κ2) is 7.75. The molecule has 0 bridgehead atoms. The average molecular weight is 480 g/mol. The Kier molecular flexibility index (Phi) is 4.70. The standard InChI is InChI=1S/C23H15Cl2N5O3/c24-16-4-3-14(11-17(16)25)29-7-6-18-15(22(29)31)12-26-23-27-21(28-30(18)23)13-2-5-19-20(10-13)33-9-1-8-32-19/h2-7,10-12H,1,8-9H2. The zero-order valence-corrected chi connectivity index (χ0v) is 18.5. The highest BCUT2D eigenvalue weighted by Crippen LogP contribution is 2.33. The summed E-state index contributed by atoms with van der Waals surface area (Å²) in [6.07, 6.45) is 4.00. The lowest BCUT2D eigenvalue weighted by Gasteiger charge is -2.08. The van der Waals surface area contributed by atoms with Gasteiger partial charge in [0.05, 0.1) is 39.8 Å². The summed E-state index contributed by atoms with van der Waals surface area (Å²) < 4.78 is 14.5. The highest BCUT2D eigenvalue weighted by molar-refractivity contribution is 6.42. The third-order valence-electron chi connectivity index (χ3n) is 5.42. The van der Waals surface area contributed by atoms with E-state index in [0.29, 0.717) is 63.0 Å². The minimum atomic E-state index is -0.257. The summed E-state index contributed by atoms with van der Waals surface area (Å²) in [7, 11) is 0. The van der Waals surface area contributed by atoms with Gasteiger partial charge in [-0.15, -0.1) is 5.10 Å². The molecule has 8 nitrogen and oxygen atoms in total. The maximum atomic E-state index is 13.2. The largest absolute Gasteiger partial charge is 0.490 e. The van der Waals surface area contributed by atoms with Crippen molar-refractivity contribution in [1.82, 2.24) is 24.1 Å². The first-order valence-electron chi connectivity index (χ1n) is 10.2. The minimum absolute atomic E-state index is 0.257. The number of benzene rings is 2. The highest BCUT2D eigenvalue weighted by Gasteiger charge is 2.16. The number of pyridine rings is 1. The molecule has 10 heteroatoms. The van der Waals surface area contributed by atoms with E-state index in [0.717, 1.165) is 12.0 Å². The van der Waals surface area contributed by atoms with Gasteiger partial charge in [0.15, 0.2) is 17.3 Å². The van der Waals surface area contributed by atoms with Crippen molar-refractivity contribution < 1.29 is 9.47 Å². The van der Waals surface area contributed by atoms with Crippen molar-refractivity contribution in [2.75, 3.05) is 13.2 Å². The van der Waals surface area contributed by atoms with Gasteiger partial charge < -0.3 is 9.47 Å². The molecule has 6 rings (SSSR count). The maximum Gasteiger partial charge on any atom is 0.266 e. The van der Waals surface area contributed by atoms with Gasteiger partial charge in [0.1, 0.15) is 0 Å². The molecule has 3 aromatic heterocycles. The van der Waals surface area contributed by atoms with Gasteiger partial charge in [-0.2, -0.15) is 9.50 Å². The van der Waals surface area contributed by atoms with Gasteiger partial charge in [-0.1, -0.05) is 23.2 Å². The van der Waals surface area contributed by atoms with Crippen LogP contribution in [0.1, 0.15) is 6.42 Å². The smallest absolute Gasteiger partial charge is 0.266 e. The fraction of sp³-hybridized carbons (Fsp3) is 0.130. The Hall–Kier alpha value is -3.62. The molecule has 0 fully saturated rings. The number of aromatic nitrogens is 5. The van der Waals surface area contributed by atoms with E-state index in [1.165, 1.54) is 10.8 Å². The Bertz CT molecular complexity index is 1610. The molecule has 0 N–H and O–H groups in total. The molecule has 0 amide bonds. The first kappa shape index (κ1) is 20.0. The third kappa shape index (κ3) is 3.39. The molecule has 4 heterocycles. The van der Waals surface area contributed by atoms with Gasteiger partial charge in [0.2, 0.25) is 0 Å². The number of nitrogens with zero attached hydrogens (tertiary/aromatic N) is 5. The fourth-order valence-electron chi connectivity index (χ4n) is 3.78. The first-order chi connectivity index (χ1) is 16.1. The van der Waals surface area contributed by atoms with Crippen molar-refractivity contribution >= 4 is 39.9 Å². The van der Waals surface area contributed by atoms with Crippen molar-refractivity contribution in [2.24, 2.45) is 0 Å². The van der Waals surface area contributed by atoms with Crippen LogP contribution in [0.3, 0.4) is 0 Å². The Labute approximate surface area is 196 Å². The molecule has 0 radical (unpaired) electrons. The molecule has 5 aromatic rings. The average Bonchev–Trinajstić information content (AvgIpc) is 3.13. The number of hydrogen-bond donors (Lipinski definition) is 0. The zero-order chi connectivity index (χ0) is 22.5. The summed E-state index contributed by atoms with van der Waals surface area (Å²) in [5.41, 5.74) is 1.70. The van der Waals surface area contributed by atoms with E-state index in [4.69, 9.17) is 32.7 Å². The summed E-state index contributed by atoms with van der Waals surface area (Å²) in [4.78, 5) is 22.1. The van der Waals surface area contributed by atoms with Gasteiger partial charge in [0, 0.05) is 24.4 Å². The molecular weight excluding hydrogens is 465 g/mol. The van der Waals surface area contributed by atoms with Crippen LogP contribution in [0.25, 0.3) is 33.8 Å². The van der Waals surface area contributed by atoms with E-state index in [1.807, 2.05) is 18.2 Å². The van der Waals surface area contributed by atoms with Crippen LogP contribution in [-0.2, 0) is 0 Å². The van der Waals surface area contributed by atoms with Crippen LogP contribution in [-0.4, -0.2) is 37.4 Å². The molecule has 2 aromatic carbocycles. The second-order valence-corrected chi connectivity index (χ2v) is 8.32. The molecule has 0 unspecified atom stereocenters. The lowest BCUT2D eigenvalue weighted by molar-refractivity contribution is 0.297. The monoisotopic (exact) mass is 479 g/mol. The van der Waals surface area contributed by atoms with Crippen molar-refractivity contribution in [3.8, 4) is 28.6 Å². The SMILES string of the molecule is O=c1c2cnc3nc(-c4ccc5c(c4)OCCCO5)nn3c2ccn1-c1ccc(Cl)c(Cl)c1. The highest BCUT2D eigenvalue weighted by atomic mass is 35.5. The fourth-order valence-corrected chi connectivity index (χ4v) is 4.07. The predicted octanol–water partition coefficient (Wildman–Crippen LogP) is 4.56. The normalized spacial score (nSPS) is 13.4. The van der Waals surface area contributed by atoms with E-state index in [1.54, 1.807) is 35.0 Å². The van der Waals surface area contributed by atoms with Crippen LogP contribution < -0.4 is 15.0 Å². The van der Waals surface area contributed by atoms with Crippen molar-refractivity contribution in [3.63, 3.8) is 0 Å². The molecule has 0 atom stereocenters. The lowest BCUT2D eigenvalue weighted by atomic mass is 10.2. The van der Waals surface area contributed by atoms with Gasteiger partial charge in [-0.05, 0) is 42.5 Å². The molecule has 0 saturated carbocycles. The van der Waals surface area contributed by atoms with E-state index >= 15 is 0 Å². The van der Waals surface area contributed by atoms with Gasteiger partial charge >= 0.3 is 0 Å². The summed E-state index contributed by atoms with van der Waals surface area (Å²) in [6, 6.07) is 12.4. The van der Waals surface area contributed by atoms with E-state index < -0.39 is 0 Å². The van der Waals surface area contributed by atoms with Crippen LogP contribution in [0.15, 0.2) is 59.7 Å². The Morgan fingerprint density at radius 2 is 1.79 bits per heavy atom. The minimum Gasteiger partial charge on any atom is -0.490 e. The molecule has 0 spiro atoms. The molecular formula is C23H15Cl2N5O3. The molecule has 1 aliphatic heterocycles. The topological polar surface area (TPSA) is 83.5 Å². The first-order valence-corrected chi connectivity index (χ1v) is 11.0. The maximum absolute atomic E-state index is 13.2. The van der Waals surface area contributed by atoms with Gasteiger partial charge in [-0.3, -0.25) is 9.36 Å². The number of ether oxygens (including phenoxy) is 2. The van der Waals surface area contributed by atoms with Crippen LogP contribution >= 0.6 is 23.2 Å². The molecule has 33 heavy (non-hydrogen) atoms. The van der Waals surface area contributed by atoms with Gasteiger partial charge in [-0.25, -0.2) is 4.98 Å². The zero-order valence-electron chi connectivity index (χ0n) is 17.0. The van der Waals surface area contributed by atoms with Crippen LogP contribution in [0, 0.1) is 0 Å².